The van der Waals surface area contributed by atoms with Gasteiger partial charge in [0.1, 0.15) is 6.10 Å². The third-order valence-corrected chi connectivity index (χ3v) is 5.99. The molecule has 1 heterocycles. The number of likely N-dealkylation sites (tertiary alicyclic amines) is 1. The SMILES string of the molecule is O=C(NCCN1C(=O)C2C3C=CC(C3)C2C1=O)OC1CCCCC1. The Hall–Kier alpha value is -1.85. The number of rotatable bonds is 4. The highest BCUT2D eigenvalue weighted by molar-refractivity contribution is 6.06. The van der Waals surface area contributed by atoms with Crippen molar-refractivity contribution in [3.05, 3.63) is 12.2 Å². The van der Waals surface area contributed by atoms with Crippen molar-refractivity contribution in [1.29, 1.82) is 0 Å². The van der Waals surface area contributed by atoms with Crippen LogP contribution in [0.1, 0.15) is 38.5 Å². The number of amides is 3. The smallest absolute Gasteiger partial charge is 0.407 e. The second-order valence-electron chi connectivity index (χ2n) is 7.42. The first kappa shape index (κ1) is 15.7. The Labute approximate surface area is 141 Å². The molecule has 0 radical (unpaired) electrons. The molecule has 3 amide bonds. The van der Waals surface area contributed by atoms with E-state index >= 15 is 0 Å². The van der Waals surface area contributed by atoms with Crippen molar-refractivity contribution in [3.63, 3.8) is 0 Å². The molecule has 24 heavy (non-hydrogen) atoms. The maximum absolute atomic E-state index is 12.5. The van der Waals surface area contributed by atoms with Gasteiger partial charge >= 0.3 is 6.09 Å². The largest absolute Gasteiger partial charge is 0.446 e. The van der Waals surface area contributed by atoms with Crippen molar-refractivity contribution in [1.82, 2.24) is 10.2 Å². The Kier molecular flexibility index (Phi) is 4.06. The van der Waals surface area contributed by atoms with Gasteiger partial charge in [0.25, 0.3) is 0 Å². The summed E-state index contributed by atoms with van der Waals surface area (Å²) in [5, 5.41) is 2.68. The van der Waals surface area contributed by atoms with E-state index in [1.54, 1.807) is 0 Å². The highest BCUT2D eigenvalue weighted by atomic mass is 16.6. The van der Waals surface area contributed by atoms with Gasteiger partial charge in [0, 0.05) is 13.1 Å². The van der Waals surface area contributed by atoms with Gasteiger partial charge in [0.15, 0.2) is 0 Å². The van der Waals surface area contributed by atoms with Gasteiger partial charge in [-0.1, -0.05) is 18.6 Å². The maximum atomic E-state index is 12.5. The zero-order chi connectivity index (χ0) is 16.7. The third kappa shape index (κ3) is 2.62. The summed E-state index contributed by atoms with van der Waals surface area (Å²) in [6, 6.07) is 0. The number of nitrogens with one attached hydrogen (secondary N) is 1. The fourth-order valence-electron chi connectivity index (χ4n) is 4.83. The summed E-state index contributed by atoms with van der Waals surface area (Å²) in [7, 11) is 0. The quantitative estimate of drug-likeness (QED) is 0.630. The van der Waals surface area contributed by atoms with Crippen molar-refractivity contribution in [2.45, 2.75) is 44.6 Å². The van der Waals surface area contributed by atoms with Crippen molar-refractivity contribution < 1.29 is 19.1 Å². The molecule has 2 bridgehead atoms. The summed E-state index contributed by atoms with van der Waals surface area (Å²) in [5.41, 5.74) is 0. The topological polar surface area (TPSA) is 75.7 Å². The summed E-state index contributed by atoms with van der Waals surface area (Å²) < 4.78 is 5.38. The molecule has 3 aliphatic carbocycles. The van der Waals surface area contributed by atoms with Crippen LogP contribution in [0.15, 0.2) is 12.2 Å². The van der Waals surface area contributed by atoms with Gasteiger partial charge < -0.3 is 10.1 Å². The number of hydrogen-bond donors (Lipinski definition) is 1. The summed E-state index contributed by atoms with van der Waals surface area (Å²) in [4.78, 5) is 38.2. The van der Waals surface area contributed by atoms with Crippen LogP contribution in [-0.2, 0) is 14.3 Å². The minimum Gasteiger partial charge on any atom is -0.446 e. The molecule has 1 aliphatic heterocycles. The second-order valence-corrected chi connectivity index (χ2v) is 7.42. The molecule has 3 fully saturated rings. The number of ether oxygens (including phenoxy) is 1. The Bertz CT molecular complexity index is 552. The van der Waals surface area contributed by atoms with Gasteiger partial charge in [0.05, 0.1) is 11.8 Å². The fourth-order valence-corrected chi connectivity index (χ4v) is 4.83. The van der Waals surface area contributed by atoms with Crippen LogP contribution in [-0.4, -0.2) is 42.0 Å². The lowest BCUT2D eigenvalue weighted by Crippen LogP contribution is -2.40. The maximum Gasteiger partial charge on any atom is 0.407 e. The predicted octanol–water partition coefficient (Wildman–Crippen LogP) is 1.85. The lowest BCUT2D eigenvalue weighted by Gasteiger charge is -2.22. The van der Waals surface area contributed by atoms with Crippen LogP contribution in [0.5, 0.6) is 0 Å². The molecule has 130 valence electrons. The van der Waals surface area contributed by atoms with E-state index in [4.69, 9.17) is 4.74 Å². The highest BCUT2D eigenvalue weighted by Gasteiger charge is 2.58. The molecule has 2 saturated carbocycles. The molecule has 4 atom stereocenters. The zero-order valence-electron chi connectivity index (χ0n) is 13.8. The lowest BCUT2D eigenvalue weighted by atomic mass is 9.85. The van der Waals surface area contributed by atoms with E-state index in [1.807, 2.05) is 0 Å². The monoisotopic (exact) mass is 332 g/mol. The van der Waals surface area contributed by atoms with Gasteiger partial charge in [-0.05, 0) is 43.9 Å². The first-order chi connectivity index (χ1) is 11.6. The number of nitrogens with zero attached hydrogens (tertiary/aromatic N) is 1. The van der Waals surface area contributed by atoms with Crippen LogP contribution in [0.25, 0.3) is 0 Å². The number of alkyl carbamates (subject to hydrolysis) is 1. The van der Waals surface area contributed by atoms with E-state index in [-0.39, 0.29) is 54.7 Å². The predicted molar refractivity (Wildman–Crippen MR) is 85.8 cm³/mol. The Morgan fingerprint density at radius 2 is 1.71 bits per heavy atom. The van der Waals surface area contributed by atoms with Crippen LogP contribution in [0.2, 0.25) is 0 Å². The summed E-state index contributed by atoms with van der Waals surface area (Å²) in [6.07, 6.45) is 9.94. The normalized spacial score (nSPS) is 34.8. The van der Waals surface area contributed by atoms with Gasteiger partial charge in [-0.15, -0.1) is 0 Å². The third-order valence-electron chi connectivity index (χ3n) is 5.99. The van der Waals surface area contributed by atoms with E-state index in [9.17, 15) is 14.4 Å². The highest BCUT2D eigenvalue weighted by Crippen LogP contribution is 2.52. The molecular formula is C18H24N2O4. The molecule has 0 aromatic rings. The molecular weight excluding hydrogens is 308 g/mol. The van der Waals surface area contributed by atoms with E-state index in [2.05, 4.69) is 17.5 Å². The van der Waals surface area contributed by atoms with Gasteiger partial charge in [-0.3, -0.25) is 14.5 Å². The molecule has 1 N–H and O–H groups in total. The number of hydrogen-bond acceptors (Lipinski definition) is 4. The van der Waals surface area contributed by atoms with Crippen LogP contribution < -0.4 is 5.32 Å². The first-order valence-electron chi connectivity index (χ1n) is 9.13. The average molecular weight is 332 g/mol. The summed E-state index contributed by atoms with van der Waals surface area (Å²) in [6.45, 7) is 0.495. The minimum absolute atomic E-state index is 0.00913. The van der Waals surface area contributed by atoms with Crippen molar-refractivity contribution >= 4 is 17.9 Å². The Balaban J connectivity index is 1.25. The fraction of sp³-hybridized carbons (Fsp3) is 0.722. The second kappa shape index (κ2) is 6.22. The number of carbonyl (C=O) groups is 3. The van der Waals surface area contributed by atoms with Crippen LogP contribution in [0, 0.1) is 23.7 Å². The van der Waals surface area contributed by atoms with Crippen LogP contribution >= 0.6 is 0 Å². The first-order valence-corrected chi connectivity index (χ1v) is 9.13. The lowest BCUT2D eigenvalue weighted by molar-refractivity contribution is -0.140. The van der Waals surface area contributed by atoms with Crippen molar-refractivity contribution in [2.24, 2.45) is 23.7 Å². The van der Waals surface area contributed by atoms with Crippen LogP contribution in [0.4, 0.5) is 4.79 Å². The van der Waals surface area contributed by atoms with E-state index in [0.717, 1.165) is 32.1 Å². The molecule has 4 rings (SSSR count). The molecule has 0 spiro atoms. The molecule has 1 saturated heterocycles. The molecule has 0 aromatic carbocycles. The van der Waals surface area contributed by atoms with Crippen molar-refractivity contribution in [2.75, 3.05) is 13.1 Å². The zero-order valence-corrected chi connectivity index (χ0v) is 13.8. The Morgan fingerprint density at radius 1 is 1.08 bits per heavy atom. The molecule has 6 nitrogen and oxygen atoms in total. The number of allylic oxidation sites excluding steroid dienone is 2. The molecule has 0 aromatic heterocycles. The van der Waals surface area contributed by atoms with Crippen molar-refractivity contribution in [3.8, 4) is 0 Å². The summed E-state index contributed by atoms with van der Waals surface area (Å²) in [5.74, 6) is -0.00618. The summed E-state index contributed by atoms with van der Waals surface area (Å²) >= 11 is 0. The minimum atomic E-state index is -0.442. The van der Waals surface area contributed by atoms with E-state index in [1.165, 1.54) is 11.3 Å². The molecule has 6 heteroatoms. The Morgan fingerprint density at radius 3 is 2.33 bits per heavy atom. The van der Waals surface area contributed by atoms with E-state index in [0.29, 0.717) is 0 Å². The number of imide groups is 1. The van der Waals surface area contributed by atoms with Crippen LogP contribution in [0.3, 0.4) is 0 Å². The van der Waals surface area contributed by atoms with E-state index < -0.39 is 6.09 Å². The standard InChI is InChI=1S/C18H24N2O4/c21-16-14-11-6-7-12(10-11)15(14)17(22)20(16)9-8-19-18(23)24-13-4-2-1-3-5-13/h6-7,11-15H,1-5,8-10H2,(H,19,23). The molecule has 4 aliphatic rings. The number of carbonyl (C=O) groups excluding carboxylic acids is 3. The van der Waals surface area contributed by atoms with Gasteiger partial charge in [0.2, 0.25) is 11.8 Å². The number of fused-ring (bicyclic) bond motifs is 5. The van der Waals surface area contributed by atoms with Gasteiger partial charge in [-0.25, -0.2) is 4.79 Å². The van der Waals surface area contributed by atoms with Gasteiger partial charge in [-0.2, -0.15) is 0 Å². The average Bonchev–Trinajstić information content (AvgIpc) is 3.25. The molecule has 4 unspecified atom stereocenters.